The standard InChI is InChI=1S/C29H33ClN2O3/c1-20-7-8-24(15-21(20)2)16-27(26-5-4-6-28(30)17-26)19-35-32-22(3)25-11-9-23(10-12-25)18-31-14-13-29(33)34/h4-12,15,17,27,31H,13-14,16,18-19H2,1-3H3,(H,33,34)/b32-22+. The molecule has 0 saturated carbocycles. The molecule has 0 saturated heterocycles. The van der Waals surface area contributed by atoms with Crippen LogP contribution in [0.3, 0.4) is 0 Å². The van der Waals surface area contributed by atoms with Crippen LogP contribution in [0.25, 0.3) is 0 Å². The predicted octanol–water partition coefficient (Wildman–Crippen LogP) is 6.29. The second-order valence-corrected chi connectivity index (χ2v) is 9.30. The summed E-state index contributed by atoms with van der Waals surface area (Å²) < 4.78 is 0. The van der Waals surface area contributed by atoms with Crippen molar-refractivity contribution in [2.24, 2.45) is 5.16 Å². The van der Waals surface area contributed by atoms with E-state index in [2.05, 4.69) is 48.6 Å². The maximum absolute atomic E-state index is 10.6. The third kappa shape index (κ3) is 8.53. The van der Waals surface area contributed by atoms with Crippen LogP contribution in [0.15, 0.2) is 71.9 Å². The number of benzene rings is 3. The average molecular weight is 493 g/mol. The quantitative estimate of drug-likeness (QED) is 0.177. The third-order valence-corrected chi connectivity index (χ3v) is 6.30. The van der Waals surface area contributed by atoms with Crippen molar-refractivity contribution in [2.45, 2.75) is 46.1 Å². The number of carbonyl (C=O) groups is 1. The maximum atomic E-state index is 10.6. The number of hydrogen-bond donors (Lipinski definition) is 2. The van der Waals surface area contributed by atoms with E-state index >= 15 is 0 Å². The lowest BCUT2D eigenvalue weighted by Gasteiger charge is -2.18. The zero-order valence-electron chi connectivity index (χ0n) is 20.6. The van der Waals surface area contributed by atoms with Gasteiger partial charge in [-0.1, -0.05) is 71.4 Å². The van der Waals surface area contributed by atoms with Crippen molar-refractivity contribution in [1.29, 1.82) is 0 Å². The van der Waals surface area contributed by atoms with E-state index in [9.17, 15) is 4.79 Å². The van der Waals surface area contributed by atoms with Crippen LogP contribution in [0.4, 0.5) is 0 Å². The second kappa shape index (κ2) is 13.1. The van der Waals surface area contributed by atoms with Crippen LogP contribution in [-0.2, 0) is 22.6 Å². The van der Waals surface area contributed by atoms with Gasteiger partial charge in [0, 0.05) is 24.0 Å². The van der Waals surface area contributed by atoms with Crippen molar-refractivity contribution in [1.82, 2.24) is 5.32 Å². The number of aryl methyl sites for hydroxylation is 2. The van der Waals surface area contributed by atoms with Gasteiger partial charge in [0.15, 0.2) is 0 Å². The Morgan fingerprint density at radius 2 is 1.77 bits per heavy atom. The van der Waals surface area contributed by atoms with E-state index in [1.807, 2.05) is 49.4 Å². The number of nitrogens with one attached hydrogen (secondary N) is 1. The monoisotopic (exact) mass is 492 g/mol. The van der Waals surface area contributed by atoms with Crippen molar-refractivity contribution in [3.05, 3.63) is 105 Å². The molecule has 184 valence electrons. The van der Waals surface area contributed by atoms with Crippen molar-refractivity contribution >= 4 is 23.3 Å². The molecule has 0 radical (unpaired) electrons. The highest BCUT2D eigenvalue weighted by atomic mass is 35.5. The molecule has 1 atom stereocenters. The van der Waals surface area contributed by atoms with E-state index in [1.54, 1.807) is 0 Å². The molecule has 0 amide bonds. The molecule has 0 bridgehead atoms. The summed E-state index contributed by atoms with van der Waals surface area (Å²) in [5.41, 5.74) is 7.81. The molecule has 2 N–H and O–H groups in total. The van der Waals surface area contributed by atoms with E-state index in [0.29, 0.717) is 24.7 Å². The Balaban J connectivity index is 1.63. The Hall–Kier alpha value is -3.15. The van der Waals surface area contributed by atoms with Crippen molar-refractivity contribution in [2.75, 3.05) is 13.2 Å². The number of aliphatic carboxylic acids is 1. The molecular weight excluding hydrogens is 460 g/mol. The summed E-state index contributed by atoms with van der Waals surface area (Å²) in [6.07, 6.45) is 0.945. The Bertz CT molecular complexity index is 1160. The Morgan fingerprint density at radius 1 is 1.03 bits per heavy atom. The summed E-state index contributed by atoms with van der Waals surface area (Å²) in [6, 6.07) is 22.5. The van der Waals surface area contributed by atoms with Crippen LogP contribution in [0.5, 0.6) is 0 Å². The first-order valence-corrected chi connectivity index (χ1v) is 12.2. The Kier molecular flexibility index (Phi) is 9.88. The highest BCUT2D eigenvalue weighted by Gasteiger charge is 2.15. The molecule has 5 nitrogen and oxygen atoms in total. The molecule has 0 aliphatic carbocycles. The number of nitrogens with zero attached hydrogens (tertiary/aromatic N) is 1. The largest absolute Gasteiger partial charge is 0.481 e. The molecular formula is C29H33ClN2O3. The molecule has 0 aliphatic heterocycles. The number of halogens is 1. The Labute approximate surface area is 212 Å². The normalized spacial score (nSPS) is 12.4. The number of carboxylic acids is 1. The van der Waals surface area contributed by atoms with Gasteiger partial charge < -0.3 is 15.3 Å². The molecule has 0 heterocycles. The van der Waals surface area contributed by atoms with Crippen molar-refractivity contribution < 1.29 is 14.7 Å². The molecule has 3 aromatic carbocycles. The highest BCUT2D eigenvalue weighted by molar-refractivity contribution is 6.30. The molecule has 6 heteroatoms. The topological polar surface area (TPSA) is 70.9 Å². The lowest BCUT2D eigenvalue weighted by atomic mass is 9.91. The van der Waals surface area contributed by atoms with Crippen LogP contribution in [0.1, 0.15) is 52.6 Å². The minimum absolute atomic E-state index is 0.112. The summed E-state index contributed by atoms with van der Waals surface area (Å²) >= 11 is 6.27. The van der Waals surface area contributed by atoms with Gasteiger partial charge in [-0.2, -0.15) is 0 Å². The first-order valence-electron chi connectivity index (χ1n) is 11.8. The molecule has 0 spiro atoms. The maximum Gasteiger partial charge on any atom is 0.304 e. The van der Waals surface area contributed by atoms with Gasteiger partial charge in [-0.15, -0.1) is 0 Å². The van der Waals surface area contributed by atoms with Crippen LogP contribution in [0.2, 0.25) is 5.02 Å². The lowest BCUT2D eigenvalue weighted by Crippen LogP contribution is -2.17. The highest BCUT2D eigenvalue weighted by Crippen LogP contribution is 2.25. The molecule has 35 heavy (non-hydrogen) atoms. The van der Waals surface area contributed by atoms with Gasteiger partial charge >= 0.3 is 5.97 Å². The fourth-order valence-corrected chi connectivity index (χ4v) is 4.02. The van der Waals surface area contributed by atoms with Crippen molar-refractivity contribution in [3.8, 4) is 0 Å². The lowest BCUT2D eigenvalue weighted by molar-refractivity contribution is -0.136. The molecule has 3 aromatic rings. The van der Waals surface area contributed by atoms with E-state index in [-0.39, 0.29) is 12.3 Å². The molecule has 0 aromatic heterocycles. The van der Waals surface area contributed by atoms with Crippen LogP contribution in [0, 0.1) is 13.8 Å². The fourth-order valence-electron chi connectivity index (χ4n) is 3.82. The van der Waals surface area contributed by atoms with E-state index in [1.165, 1.54) is 16.7 Å². The molecule has 1 unspecified atom stereocenters. The molecule has 3 rings (SSSR count). The second-order valence-electron chi connectivity index (χ2n) is 8.86. The molecule has 0 fully saturated rings. The summed E-state index contributed by atoms with van der Waals surface area (Å²) in [7, 11) is 0. The van der Waals surface area contributed by atoms with E-state index in [0.717, 1.165) is 28.8 Å². The fraction of sp³-hybridized carbons (Fsp3) is 0.310. The zero-order chi connectivity index (χ0) is 25.2. The predicted molar refractivity (Wildman–Crippen MR) is 142 cm³/mol. The summed E-state index contributed by atoms with van der Waals surface area (Å²) in [5, 5.41) is 16.9. The first-order chi connectivity index (χ1) is 16.8. The number of carboxylic acid groups (broad SMARTS) is 1. The van der Waals surface area contributed by atoms with Gasteiger partial charge in [-0.25, -0.2) is 0 Å². The van der Waals surface area contributed by atoms with Gasteiger partial charge in [-0.3, -0.25) is 4.79 Å². The van der Waals surface area contributed by atoms with Gasteiger partial charge in [0.1, 0.15) is 6.61 Å². The zero-order valence-corrected chi connectivity index (χ0v) is 21.3. The van der Waals surface area contributed by atoms with Gasteiger partial charge in [-0.05, 0) is 72.7 Å². The smallest absolute Gasteiger partial charge is 0.304 e. The minimum Gasteiger partial charge on any atom is -0.481 e. The summed E-state index contributed by atoms with van der Waals surface area (Å²) in [5.74, 6) is -0.683. The Morgan fingerprint density at radius 3 is 2.46 bits per heavy atom. The number of rotatable bonds is 12. The van der Waals surface area contributed by atoms with E-state index in [4.69, 9.17) is 21.5 Å². The van der Waals surface area contributed by atoms with Gasteiger partial charge in [0.05, 0.1) is 12.1 Å². The summed E-state index contributed by atoms with van der Waals surface area (Å²) in [6.45, 7) is 7.70. The SMILES string of the molecule is C/C(=N\OCC(Cc1ccc(C)c(C)c1)c1cccc(Cl)c1)c1ccc(CNCCC(=O)O)cc1. The minimum atomic E-state index is -0.800. The third-order valence-electron chi connectivity index (χ3n) is 6.07. The van der Waals surface area contributed by atoms with Gasteiger partial charge in [0.25, 0.3) is 0 Å². The first kappa shape index (κ1) is 26.5. The van der Waals surface area contributed by atoms with E-state index < -0.39 is 5.97 Å². The summed E-state index contributed by atoms with van der Waals surface area (Å²) in [4.78, 5) is 16.4. The number of hydrogen-bond acceptors (Lipinski definition) is 4. The van der Waals surface area contributed by atoms with Crippen LogP contribution >= 0.6 is 11.6 Å². The van der Waals surface area contributed by atoms with Gasteiger partial charge in [0.2, 0.25) is 0 Å². The van der Waals surface area contributed by atoms with Crippen LogP contribution in [-0.4, -0.2) is 29.9 Å². The molecule has 0 aliphatic rings. The van der Waals surface area contributed by atoms with Crippen molar-refractivity contribution in [3.63, 3.8) is 0 Å². The number of oxime groups is 1. The average Bonchev–Trinajstić information content (AvgIpc) is 2.83. The van der Waals surface area contributed by atoms with Crippen LogP contribution < -0.4 is 5.32 Å².